The molecule has 5 rings (SSSR count). The second-order valence-corrected chi connectivity index (χ2v) is 10.5. The van der Waals surface area contributed by atoms with Crippen molar-refractivity contribution >= 4 is 27.6 Å². The molecule has 0 radical (unpaired) electrons. The maximum Gasteiger partial charge on any atom is 0.339 e. The van der Waals surface area contributed by atoms with Gasteiger partial charge in [0.2, 0.25) is 5.52 Å². The van der Waals surface area contributed by atoms with Gasteiger partial charge in [-0.15, -0.1) is 0 Å². The van der Waals surface area contributed by atoms with Crippen LogP contribution in [0.25, 0.3) is 32.8 Å². The van der Waals surface area contributed by atoms with Gasteiger partial charge in [0.1, 0.15) is 12.8 Å². The number of benzene rings is 3. The standard InChI is InChI=1S/C31H34NO4.HI/c1-7-34-30(33)29(36-31(3,4)5)25-19(2)18-21-10-8-9-11-22(21)27(25)23-12-13-24-26-20(15-17-35-24)14-16-32(6)28(23)26;/h8-14,16,18,29H,7,15,17H2,1-6H3;1H/q+1;/p-1/t29-;/m0./s1. The minimum atomic E-state index is -0.864. The molecule has 5 nitrogen and oxygen atoms in total. The molecule has 0 bridgehead atoms. The van der Waals surface area contributed by atoms with Gasteiger partial charge in [-0.05, 0) is 68.7 Å². The van der Waals surface area contributed by atoms with E-state index in [-0.39, 0.29) is 36.6 Å². The van der Waals surface area contributed by atoms with Gasteiger partial charge < -0.3 is 38.2 Å². The van der Waals surface area contributed by atoms with E-state index in [2.05, 4.69) is 61.1 Å². The van der Waals surface area contributed by atoms with Gasteiger partial charge in [-0.1, -0.05) is 30.3 Å². The third kappa shape index (κ3) is 5.06. The summed E-state index contributed by atoms with van der Waals surface area (Å²) in [6, 6.07) is 16.8. The second-order valence-electron chi connectivity index (χ2n) is 10.5. The highest BCUT2D eigenvalue weighted by Gasteiger charge is 2.34. The number of aromatic nitrogens is 1. The van der Waals surface area contributed by atoms with Crippen LogP contribution in [-0.2, 0) is 27.7 Å². The monoisotopic (exact) mass is 611 g/mol. The Labute approximate surface area is 235 Å². The molecule has 0 unspecified atom stereocenters. The number of aryl methyl sites for hydroxylation is 2. The third-order valence-corrected chi connectivity index (χ3v) is 6.74. The molecule has 1 atom stereocenters. The molecule has 0 saturated carbocycles. The minimum absolute atomic E-state index is 0. The van der Waals surface area contributed by atoms with Crippen LogP contribution in [0.2, 0.25) is 0 Å². The number of pyridine rings is 1. The summed E-state index contributed by atoms with van der Waals surface area (Å²) in [6.07, 6.45) is 2.12. The molecule has 3 aromatic carbocycles. The molecular weight excluding hydrogens is 577 g/mol. The predicted molar refractivity (Wildman–Crippen MR) is 142 cm³/mol. The highest BCUT2D eigenvalue weighted by atomic mass is 127. The number of ether oxygens (including phenoxy) is 3. The van der Waals surface area contributed by atoms with Crippen LogP contribution in [0.4, 0.5) is 0 Å². The van der Waals surface area contributed by atoms with Crippen molar-refractivity contribution < 1.29 is 47.5 Å². The normalized spacial score (nSPS) is 13.7. The SMILES string of the molecule is CCOC(=O)[C@@H](OC(C)(C)C)c1c(C)cc2ccccc2c1-c1ccc2c3c(cc[n+](C)c13)CCO2.[I-]. The molecular formula is C31H34INO4. The Morgan fingerprint density at radius 1 is 1.14 bits per heavy atom. The minimum Gasteiger partial charge on any atom is -1.00 e. The first-order valence-corrected chi connectivity index (χ1v) is 12.6. The van der Waals surface area contributed by atoms with Crippen LogP contribution in [0.3, 0.4) is 0 Å². The fourth-order valence-electron chi connectivity index (χ4n) is 5.34. The molecule has 37 heavy (non-hydrogen) atoms. The maximum atomic E-state index is 13.4. The van der Waals surface area contributed by atoms with Crippen LogP contribution in [0, 0.1) is 6.92 Å². The van der Waals surface area contributed by atoms with Gasteiger partial charge in [0, 0.05) is 23.6 Å². The Morgan fingerprint density at radius 2 is 1.89 bits per heavy atom. The quantitative estimate of drug-likeness (QED) is 0.198. The summed E-state index contributed by atoms with van der Waals surface area (Å²) < 4.78 is 20.2. The second kappa shape index (κ2) is 10.6. The molecule has 0 saturated heterocycles. The van der Waals surface area contributed by atoms with Crippen LogP contribution in [-0.4, -0.2) is 24.8 Å². The first kappa shape index (κ1) is 27.3. The van der Waals surface area contributed by atoms with E-state index in [1.165, 1.54) is 5.56 Å². The lowest BCUT2D eigenvalue weighted by Crippen LogP contribution is -3.00. The molecule has 6 heteroatoms. The molecule has 0 amide bonds. The Morgan fingerprint density at radius 3 is 2.62 bits per heavy atom. The largest absolute Gasteiger partial charge is 1.00 e. The van der Waals surface area contributed by atoms with Crippen molar-refractivity contribution in [1.82, 2.24) is 0 Å². The van der Waals surface area contributed by atoms with Crippen LogP contribution in [0.5, 0.6) is 5.75 Å². The molecule has 1 aliphatic rings. The number of esters is 1. The lowest BCUT2D eigenvalue weighted by Gasteiger charge is -2.29. The zero-order valence-electron chi connectivity index (χ0n) is 22.4. The van der Waals surface area contributed by atoms with Crippen molar-refractivity contribution in [3.05, 3.63) is 71.4 Å². The molecule has 4 aromatic rings. The van der Waals surface area contributed by atoms with Crippen molar-refractivity contribution in [2.75, 3.05) is 13.2 Å². The summed E-state index contributed by atoms with van der Waals surface area (Å²) in [5.74, 6) is 0.528. The van der Waals surface area contributed by atoms with Crippen LogP contribution in [0.15, 0.2) is 54.7 Å². The number of hydrogen-bond donors (Lipinski definition) is 0. The van der Waals surface area contributed by atoms with Gasteiger partial charge in [0.15, 0.2) is 12.3 Å². The molecule has 0 N–H and O–H groups in total. The molecule has 1 aliphatic heterocycles. The number of rotatable bonds is 5. The van der Waals surface area contributed by atoms with Crippen molar-refractivity contribution in [2.45, 2.75) is 52.7 Å². The lowest BCUT2D eigenvalue weighted by atomic mass is 9.85. The van der Waals surface area contributed by atoms with Crippen LogP contribution in [0.1, 0.15) is 50.5 Å². The van der Waals surface area contributed by atoms with Gasteiger partial charge in [-0.25, -0.2) is 9.36 Å². The van der Waals surface area contributed by atoms with Crippen LogP contribution < -0.4 is 33.3 Å². The highest BCUT2D eigenvalue weighted by molar-refractivity contribution is 6.08. The average Bonchev–Trinajstić information content (AvgIpc) is 2.84. The van der Waals surface area contributed by atoms with E-state index in [1.54, 1.807) is 0 Å². The molecule has 194 valence electrons. The Kier molecular flexibility index (Phi) is 7.81. The van der Waals surface area contributed by atoms with E-state index in [0.717, 1.165) is 56.1 Å². The zero-order chi connectivity index (χ0) is 25.6. The van der Waals surface area contributed by atoms with Gasteiger partial charge >= 0.3 is 5.97 Å². The van der Waals surface area contributed by atoms with Crippen molar-refractivity contribution in [2.24, 2.45) is 7.05 Å². The summed E-state index contributed by atoms with van der Waals surface area (Å²) >= 11 is 0. The first-order chi connectivity index (χ1) is 17.2. The molecule has 0 fully saturated rings. The Balaban J connectivity index is 0.00000320. The van der Waals surface area contributed by atoms with E-state index in [4.69, 9.17) is 14.2 Å². The first-order valence-electron chi connectivity index (χ1n) is 12.6. The Bertz CT molecular complexity index is 1480. The summed E-state index contributed by atoms with van der Waals surface area (Å²) in [7, 11) is 2.06. The number of halogens is 1. The Hall–Kier alpha value is -2.71. The summed E-state index contributed by atoms with van der Waals surface area (Å²) in [4.78, 5) is 13.4. The van der Waals surface area contributed by atoms with E-state index in [0.29, 0.717) is 6.61 Å². The molecule has 2 heterocycles. The van der Waals surface area contributed by atoms with Crippen molar-refractivity contribution in [3.63, 3.8) is 0 Å². The molecule has 0 spiro atoms. The number of carbonyl (C=O) groups excluding carboxylic acids is 1. The molecule has 1 aromatic heterocycles. The number of fused-ring (bicyclic) bond motifs is 1. The van der Waals surface area contributed by atoms with E-state index >= 15 is 0 Å². The van der Waals surface area contributed by atoms with Gasteiger partial charge in [0.05, 0.1) is 29.8 Å². The zero-order valence-corrected chi connectivity index (χ0v) is 24.5. The van der Waals surface area contributed by atoms with Crippen molar-refractivity contribution in [1.29, 1.82) is 0 Å². The maximum absolute atomic E-state index is 13.4. The fraction of sp³-hybridized carbons (Fsp3) is 0.355. The highest BCUT2D eigenvalue weighted by Crippen LogP contribution is 2.44. The number of nitrogens with zero attached hydrogens (tertiary/aromatic N) is 1. The predicted octanol–water partition coefficient (Wildman–Crippen LogP) is 3.15. The van der Waals surface area contributed by atoms with Crippen molar-refractivity contribution in [3.8, 4) is 16.9 Å². The third-order valence-electron chi connectivity index (χ3n) is 6.74. The fourth-order valence-corrected chi connectivity index (χ4v) is 5.34. The number of carbonyl (C=O) groups is 1. The van der Waals surface area contributed by atoms with E-state index in [9.17, 15) is 4.79 Å². The lowest BCUT2D eigenvalue weighted by molar-refractivity contribution is -0.644. The summed E-state index contributed by atoms with van der Waals surface area (Å²) in [6.45, 7) is 10.7. The topological polar surface area (TPSA) is 48.6 Å². The van der Waals surface area contributed by atoms with E-state index in [1.807, 2.05) is 39.8 Å². The summed E-state index contributed by atoms with van der Waals surface area (Å²) in [5.41, 5.74) is 5.69. The van der Waals surface area contributed by atoms with E-state index < -0.39 is 11.7 Å². The average molecular weight is 612 g/mol. The van der Waals surface area contributed by atoms with Gasteiger partial charge in [-0.2, -0.15) is 0 Å². The molecule has 0 aliphatic carbocycles. The smallest absolute Gasteiger partial charge is 0.339 e. The van der Waals surface area contributed by atoms with Crippen LogP contribution >= 0.6 is 0 Å². The summed E-state index contributed by atoms with van der Waals surface area (Å²) in [5, 5.41) is 3.32. The number of hydrogen-bond acceptors (Lipinski definition) is 4. The van der Waals surface area contributed by atoms with Gasteiger partial charge in [0.25, 0.3) is 0 Å². The van der Waals surface area contributed by atoms with Gasteiger partial charge in [-0.3, -0.25) is 0 Å².